The lowest BCUT2D eigenvalue weighted by Gasteiger charge is -2.30. The molecule has 2 aliphatic rings. The van der Waals surface area contributed by atoms with Crippen molar-refractivity contribution in [3.63, 3.8) is 0 Å². The largest absolute Gasteiger partial charge is 0.453 e. The molecule has 4 amide bonds. The summed E-state index contributed by atoms with van der Waals surface area (Å²) in [5.74, 6) is 0.0192. The fourth-order valence-corrected chi connectivity index (χ4v) is 8.57. The number of carbonyl (C=O) groups excluding carboxylic acids is 4. The van der Waals surface area contributed by atoms with E-state index in [4.69, 9.17) is 14.5 Å². The van der Waals surface area contributed by atoms with E-state index >= 15 is 0 Å². The summed E-state index contributed by atoms with van der Waals surface area (Å²) in [4.78, 5) is 71.4. The monoisotopic (exact) mass is 840 g/mol. The number of aromatic amines is 2. The number of fused-ring (bicyclic) bond motifs is 1. The van der Waals surface area contributed by atoms with Gasteiger partial charge >= 0.3 is 12.2 Å². The van der Waals surface area contributed by atoms with Gasteiger partial charge < -0.3 is 39.9 Å². The van der Waals surface area contributed by atoms with Crippen molar-refractivity contribution in [2.45, 2.75) is 63.7 Å². The number of rotatable bonds is 11. The van der Waals surface area contributed by atoms with Gasteiger partial charge in [0.25, 0.3) is 5.91 Å². The number of hydrogen-bond acceptors (Lipinski definition) is 8. The molecule has 15 heteroatoms. The first-order valence-corrected chi connectivity index (χ1v) is 20.8. The van der Waals surface area contributed by atoms with E-state index < -0.39 is 36.0 Å². The lowest BCUT2D eigenvalue weighted by molar-refractivity contribution is -0.136. The van der Waals surface area contributed by atoms with Gasteiger partial charge in [0.2, 0.25) is 5.91 Å². The van der Waals surface area contributed by atoms with Gasteiger partial charge in [-0.2, -0.15) is 0 Å². The number of imidazole rings is 2. The van der Waals surface area contributed by atoms with E-state index in [1.54, 1.807) is 28.3 Å². The van der Waals surface area contributed by atoms with Crippen molar-refractivity contribution in [2.24, 2.45) is 5.92 Å². The molecule has 0 saturated carbocycles. The molecule has 14 nitrogen and oxygen atoms in total. The Bertz CT molecular complexity index is 2610. The Labute approximate surface area is 358 Å². The van der Waals surface area contributed by atoms with Crippen LogP contribution in [0.4, 0.5) is 14.0 Å². The maximum atomic E-state index is 14.9. The molecule has 62 heavy (non-hydrogen) atoms. The summed E-state index contributed by atoms with van der Waals surface area (Å²) >= 11 is 0. The number of alkyl carbamates (subject to hydrolysis) is 2. The number of nitrogens with one attached hydrogen (secondary N) is 4. The first-order chi connectivity index (χ1) is 30.0. The Morgan fingerprint density at radius 2 is 1.19 bits per heavy atom. The summed E-state index contributed by atoms with van der Waals surface area (Å²) in [6.45, 7) is 4.81. The van der Waals surface area contributed by atoms with Crippen LogP contribution in [0, 0.1) is 11.7 Å². The van der Waals surface area contributed by atoms with Crippen molar-refractivity contribution in [1.29, 1.82) is 0 Å². The molecule has 4 N–H and O–H groups in total. The molecule has 6 aromatic rings. The van der Waals surface area contributed by atoms with Crippen molar-refractivity contribution in [2.75, 3.05) is 27.3 Å². The number of aromatic nitrogens is 4. The molecule has 320 valence electrons. The van der Waals surface area contributed by atoms with Crippen molar-refractivity contribution in [3.05, 3.63) is 120 Å². The van der Waals surface area contributed by atoms with E-state index in [0.29, 0.717) is 31.2 Å². The van der Waals surface area contributed by atoms with Crippen LogP contribution in [0.3, 0.4) is 0 Å². The zero-order chi connectivity index (χ0) is 43.5. The van der Waals surface area contributed by atoms with Gasteiger partial charge in [0.1, 0.15) is 29.5 Å². The molecular weight excluding hydrogens is 792 g/mol. The minimum Gasteiger partial charge on any atom is -0.453 e. The number of carbonyl (C=O) groups is 4. The third-order valence-corrected chi connectivity index (χ3v) is 11.9. The van der Waals surface area contributed by atoms with Crippen LogP contribution in [0.2, 0.25) is 0 Å². The van der Waals surface area contributed by atoms with E-state index in [0.717, 1.165) is 63.7 Å². The maximum absolute atomic E-state index is 14.9. The summed E-state index contributed by atoms with van der Waals surface area (Å²) in [5, 5.41) is 7.36. The topological polar surface area (TPSA) is 175 Å². The van der Waals surface area contributed by atoms with Crippen LogP contribution in [0.1, 0.15) is 74.9 Å². The summed E-state index contributed by atoms with van der Waals surface area (Å²) in [6, 6.07) is 24.1. The number of methoxy groups -OCH3 is 2. The third-order valence-electron chi connectivity index (χ3n) is 11.9. The van der Waals surface area contributed by atoms with Crippen LogP contribution in [0.5, 0.6) is 0 Å². The Kier molecular flexibility index (Phi) is 12.0. The molecule has 4 unspecified atom stereocenters. The number of amides is 4. The summed E-state index contributed by atoms with van der Waals surface area (Å²) in [5.41, 5.74) is 5.70. The molecule has 4 heterocycles. The fraction of sp³-hybridized carbons (Fsp3) is 0.319. The fourth-order valence-electron chi connectivity index (χ4n) is 8.57. The highest BCUT2D eigenvalue weighted by molar-refractivity contribution is 5.91. The van der Waals surface area contributed by atoms with Crippen molar-refractivity contribution >= 4 is 34.8 Å². The molecule has 2 saturated heterocycles. The summed E-state index contributed by atoms with van der Waals surface area (Å²) < 4.78 is 24.4. The zero-order valence-electron chi connectivity index (χ0n) is 35.0. The highest BCUT2D eigenvalue weighted by atomic mass is 19.1. The molecule has 2 aliphatic heterocycles. The van der Waals surface area contributed by atoms with Gasteiger partial charge in [0.15, 0.2) is 0 Å². The van der Waals surface area contributed by atoms with Gasteiger partial charge in [-0.25, -0.2) is 23.9 Å². The van der Waals surface area contributed by atoms with Crippen LogP contribution in [-0.4, -0.2) is 87.1 Å². The van der Waals surface area contributed by atoms with Gasteiger partial charge in [-0.05, 0) is 77.3 Å². The number of benzene rings is 4. The van der Waals surface area contributed by atoms with Gasteiger partial charge in [-0.15, -0.1) is 0 Å². The second kappa shape index (κ2) is 17.9. The second-order valence-corrected chi connectivity index (χ2v) is 16.0. The van der Waals surface area contributed by atoms with Crippen LogP contribution < -0.4 is 10.6 Å². The van der Waals surface area contributed by atoms with Gasteiger partial charge in [0.05, 0.1) is 50.1 Å². The van der Waals surface area contributed by atoms with Crippen LogP contribution in [0.25, 0.3) is 44.4 Å². The number of halogens is 1. The molecular formula is C47H49FN8O6. The van der Waals surface area contributed by atoms with E-state index in [1.165, 1.54) is 32.4 Å². The zero-order valence-corrected chi connectivity index (χ0v) is 35.0. The lowest BCUT2D eigenvalue weighted by Crippen LogP contribution is -2.51. The quantitative estimate of drug-likeness (QED) is 0.101. The summed E-state index contributed by atoms with van der Waals surface area (Å²) in [7, 11) is 2.48. The van der Waals surface area contributed by atoms with Crippen molar-refractivity contribution in [3.8, 4) is 33.6 Å². The van der Waals surface area contributed by atoms with Crippen molar-refractivity contribution in [1.82, 2.24) is 40.4 Å². The van der Waals surface area contributed by atoms with Gasteiger partial charge in [-0.3, -0.25) is 9.59 Å². The second-order valence-electron chi connectivity index (χ2n) is 16.0. The average Bonchev–Trinajstić information content (AvgIpc) is 4.14. The first-order valence-electron chi connectivity index (χ1n) is 20.8. The molecule has 2 aromatic heterocycles. The molecule has 8 rings (SSSR count). The average molecular weight is 841 g/mol. The first kappa shape index (κ1) is 41.7. The molecule has 2 fully saturated rings. The molecule has 0 bridgehead atoms. The van der Waals surface area contributed by atoms with Crippen LogP contribution >= 0.6 is 0 Å². The third kappa shape index (κ3) is 8.47. The minimum atomic E-state index is -1.26. The number of likely N-dealkylation sites (tertiary alicyclic amines) is 2. The molecule has 4 atom stereocenters. The normalized spacial score (nSPS) is 17.3. The minimum absolute atomic E-state index is 0.0604. The number of nitrogens with zero attached hydrogens (tertiary/aromatic N) is 4. The number of ether oxygens (including phenoxy) is 2. The standard InChI is InChI=1S/C47H49FN8O6/c1-27(2)40(53-46(59)61-3)44(57)55-21-7-11-38(55)43-50-26-37(52-43)33-20-19-31-23-30(17-18-32(31)24-33)28-13-15-29(16-14-28)36-25-49-42(51-36)39-12-8-22-56(39)45(58)41(54-47(60)62-4)34-9-5-6-10-35(34)48/h5-6,9-10,13-20,23-27,38-41H,7-8,11-12,21-22H2,1-4H3,(H,49,51)(H,50,52)(H,53,59)(H,54,60). The molecule has 0 aliphatic carbocycles. The molecule has 0 radical (unpaired) electrons. The Balaban J connectivity index is 0.946. The Morgan fingerprint density at radius 3 is 1.79 bits per heavy atom. The lowest BCUT2D eigenvalue weighted by atomic mass is 9.98. The predicted octanol–water partition coefficient (Wildman–Crippen LogP) is 8.23. The smallest absolute Gasteiger partial charge is 0.407 e. The summed E-state index contributed by atoms with van der Waals surface area (Å²) in [6.07, 6.45) is 5.08. The van der Waals surface area contributed by atoms with Gasteiger partial charge in [-0.1, -0.05) is 80.6 Å². The molecule has 0 spiro atoms. The Morgan fingerprint density at radius 1 is 0.677 bits per heavy atom. The van der Waals surface area contributed by atoms with E-state index in [9.17, 15) is 23.6 Å². The van der Waals surface area contributed by atoms with Gasteiger partial charge in [0, 0.05) is 24.2 Å². The van der Waals surface area contributed by atoms with E-state index in [1.807, 2.05) is 26.0 Å². The maximum Gasteiger partial charge on any atom is 0.407 e. The van der Waals surface area contributed by atoms with E-state index in [2.05, 4.69) is 74.1 Å². The Hall–Kier alpha value is -7.03. The predicted molar refractivity (Wildman–Crippen MR) is 231 cm³/mol. The van der Waals surface area contributed by atoms with Crippen LogP contribution in [-0.2, 0) is 19.1 Å². The molecule has 4 aromatic carbocycles. The highest BCUT2D eigenvalue weighted by Crippen LogP contribution is 2.36. The van der Waals surface area contributed by atoms with Crippen LogP contribution in [0.15, 0.2) is 97.3 Å². The number of H-pyrrole nitrogens is 2. The highest BCUT2D eigenvalue weighted by Gasteiger charge is 2.39. The van der Waals surface area contributed by atoms with Crippen molar-refractivity contribution < 1.29 is 33.0 Å². The SMILES string of the molecule is COC(=O)NC(C(=O)N1CCCC1c1ncc(-c2ccc(-c3ccc4cc(-c5cnc(C6CCCN6C(=O)C(NC(=O)OC)C(C)C)[nH]5)ccc4c3)cc2)[nH]1)c1ccccc1F. The number of hydrogen-bond donors (Lipinski definition) is 4. The van der Waals surface area contributed by atoms with E-state index in [-0.39, 0.29) is 29.5 Å².